The van der Waals surface area contributed by atoms with E-state index >= 15 is 0 Å². The zero-order valence-corrected chi connectivity index (χ0v) is 15.2. The average Bonchev–Trinajstić information content (AvgIpc) is 2.81. The van der Waals surface area contributed by atoms with Gasteiger partial charge in [0.1, 0.15) is 4.34 Å². The van der Waals surface area contributed by atoms with E-state index in [-0.39, 0.29) is 23.8 Å². The van der Waals surface area contributed by atoms with Crippen molar-refractivity contribution in [1.82, 2.24) is 10.2 Å². The molecule has 1 N–H and O–H groups in total. The molecule has 22 heavy (non-hydrogen) atoms. The highest BCUT2D eigenvalue weighted by Crippen LogP contribution is 2.32. The van der Waals surface area contributed by atoms with Crippen LogP contribution in [0.25, 0.3) is 0 Å². The minimum absolute atomic E-state index is 0.0174. The molecule has 0 saturated heterocycles. The lowest BCUT2D eigenvalue weighted by Crippen LogP contribution is -2.40. The molecule has 0 aliphatic carbocycles. The van der Waals surface area contributed by atoms with Gasteiger partial charge < -0.3 is 10.2 Å². The maximum Gasteiger partial charge on any atom is 0.263 e. The van der Waals surface area contributed by atoms with Gasteiger partial charge in [-0.15, -0.1) is 11.3 Å². The van der Waals surface area contributed by atoms with Gasteiger partial charge in [0, 0.05) is 19.6 Å². The van der Waals surface area contributed by atoms with Gasteiger partial charge in [0.05, 0.1) is 9.90 Å². The molecule has 1 aromatic heterocycles. The molecule has 7 heteroatoms. The molecule has 0 radical (unpaired) electrons. The highest BCUT2D eigenvalue weighted by Gasteiger charge is 2.20. The lowest BCUT2D eigenvalue weighted by Gasteiger charge is -2.24. The molecule has 0 aliphatic rings. The van der Waals surface area contributed by atoms with E-state index in [0.29, 0.717) is 27.2 Å². The van der Waals surface area contributed by atoms with Gasteiger partial charge in [0.15, 0.2) is 0 Å². The molecule has 0 spiro atoms. The maximum atomic E-state index is 12.3. The van der Waals surface area contributed by atoms with Gasteiger partial charge >= 0.3 is 0 Å². The van der Waals surface area contributed by atoms with Crippen LogP contribution < -0.4 is 5.32 Å². The summed E-state index contributed by atoms with van der Waals surface area (Å²) in [6.45, 7) is 8.01. The first-order valence-electron chi connectivity index (χ1n) is 6.89. The van der Waals surface area contributed by atoms with Crippen molar-refractivity contribution in [2.75, 3.05) is 13.6 Å². The number of nitrogens with zero attached hydrogens (tertiary/aromatic N) is 1. The second-order valence-corrected chi connectivity index (χ2v) is 7.37. The number of carbonyl (C=O) groups excluding carboxylic acids is 2. The van der Waals surface area contributed by atoms with E-state index in [9.17, 15) is 9.59 Å². The minimum atomic E-state index is -0.204. The van der Waals surface area contributed by atoms with Crippen LogP contribution in [-0.4, -0.2) is 36.3 Å². The van der Waals surface area contributed by atoms with Crippen LogP contribution in [0.15, 0.2) is 18.7 Å². The van der Waals surface area contributed by atoms with Crippen LogP contribution in [0.3, 0.4) is 0 Å². The first kappa shape index (κ1) is 19.0. The molecule has 4 nitrogen and oxygen atoms in total. The summed E-state index contributed by atoms with van der Waals surface area (Å²) < 4.78 is 0.414. The van der Waals surface area contributed by atoms with Crippen LogP contribution in [-0.2, 0) is 4.79 Å². The standard InChI is InChI=1S/C15H20Cl2N2O2S/c1-5-13(20)18-11(9(2)3)6-7-19(4)15(21)12-8-10(16)14(17)22-12/h5,8-9,11H,1,6-7H2,2-4H3,(H,18,20). The Morgan fingerprint density at radius 2 is 2.09 bits per heavy atom. The van der Waals surface area contributed by atoms with Gasteiger partial charge in [0.25, 0.3) is 5.91 Å². The highest BCUT2D eigenvalue weighted by atomic mass is 35.5. The number of amides is 2. The third-order valence-electron chi connectivity index (χ3n) is 3.30. The Hall–Kier alpha value is -1.04. The number of thiophene rings is 1. The molecule has 122 valence electrons. The van der Waals surface area contributed by atoms with E-state index in [2.05, 4.69) is 11.9 Å². The fourth-order valence-electron chi connectivity index (χ4n) is 1.89. The van der Waals surface area contributed by atoms with Gasteiger partial charge in [-0.05, 0) is 24.5 Å². The van der Waals surface area contributed by atoms with Crippen LogP contribution in [0.5, 0.6) is 0 Å². The SMILES string of the molecule is C=CC(=O)NC(CCN(C)C(=O)c1cc(Cl)c(Cl)s1)C(C)C. The number of hydrogen-bond donors (Lipinski definition) is 1. The minimum Gasteiger partial charge on any atom is -0.350 e. The molecule has 1 atom stereocenters. The van der Waals surface area contributed by atoms with Crippen molar-refractivity contribution in [3.8, 4) is 0 Å². The number of rotatable bonds is 7. The lowest BCUT2D eigenvalue weighted by atomic mass is 10.0. The molecule has 1 heterocycles. The fourth-order valence-corrected chi connectivity index (χ4v) is 3.25. The quantitative estimate of drug-likeness (QED) is 0.749. The number of halogens is 2. The zero-order chi connectivity index (χ0) is 16.9. The lowest BCUT2D eigenvalue weighted by molar-refractivity contribution is -0.117. The van der Waals surface area contributed by atoms with Crippen LogP contribution in [0.1, 0.15) is 29.9 Å². The first-order valence-corrected chi connectivity index (χ1v) is 8.46. The highest BCUT2D eigenvalue weighted by molar-refractivity contribution is 7.18. The van der Waals surface area contributed by atoms with Gasteiger partial charge in [-0.2, -0.15) is 0 Å². The summed E-state index contributed by atoms with van der Waals surface area (Å²) in [5.41, 5.74) is 0. The van der Waals surface area contributed by atoms with Gasteiger partial charge in [-0.1, -0.05) is 43.6 Å². The van der Waals surface area contributed by atoms with E-state index in [1.807, 2.05) is 13.8 Å². The number of carbonyl (C=O) groups is 2. The summed E-state index contributed by atoms with van der Waals surface area (Å²) in [5, 5.41) is 3.27. The Morgan fingerprint density at radius 3 is 2.55 bits per heavy atom. The summed E-state index contributed by atoms with van der Waals surface area (Å²) >= 11 is 12.9. The van der Waals surface area contributed by atoms with Crippen LogP contribution >= 0.6 is 34.5 Å². The smallest absolute Gasteiger partial charge is 0.263 e. The Morgan fingerprint density at radius 1 is 1.45 bits per heavy atom. The summed E-state index contributed by atoms with van der Waals surface area (Å²) in [7, 11) is 1.72. The van der Waals surface area contributed by atoms with Gasteiger partial charge in [-0.3, -0.25) is 9.59 Å². The molecule has 0 aliphatic heterocycles. The second kappa shape index (κ2) is 8.56. The third-order valence-corrected chi connectivity index (χ3v) is 5.15. The van der Waals surface area contributed by atoms with Crippen molar-refractivity contribution in [1.29, 1.82) is 0 Å². The normalized spacial score (nSPS) is 12.1. The zero-order valence-electron chi connectivity index (χ0n) is 12.9. The molecule has 0 bridgehead atoms. The van der Waals surface area contributed by atoms with Crippen LogP contribution in [0, 0.1) is 5.92 Å². The molecular formula is C15H20Cl2N2O2S. The topological polar surface area (TPSA) is 49.4 Å². The van der Waals surface area contributed by atoms with Crippen LogP contribution in [0.4, 0.5) is 0 Å². The maximum absolute atomic E-state index is 12.3. The van der Waals surface area contributed by atoms with E-state index in [0.717, 1.165) is 11.3 Å². The number of nitrogens with one attached hydrogen (secondary N) is 1. The monoisotopic (exact) mass is 362 g/mol. The van der Waals surface area contributed by atoms with E-state index in [4.69, 9.17) is 23.2 Å². The molecule has 0 fully saturated rings. The largest absolute Gasteiger partial charge is 0.350 e. The summed E-state index contributed by atoms with van der Waals surface area (Å²) in [5.74, 6) is -0.0705. The molecule has 0 aromatic carbocycles. The van der Waals surface area contributed by atoms with Crippen LogP contribution in [0.2, 0.25) is 9.36 Å². The van der Waals surface area contributed by atoms with Gasteiger partial charge in [-0.25, -0.2) is 0 Å². The Kier molecular flexibility index (Phi) is 7.39. The fraction of sp³-hybridized carbons (Fsp3) is 0.467. The molecule has 1 rings (SSSR count). The summed E-state index contributed by atoms with van der Waals surface area (Å²) in [6.07, 6.45) is 1.91. The summed E-state index contributed by atoms with van der Waals surface area (Å²) in [6, 6.07) is 1.56. The molecule has 2 amide bonds. The van der Waals surface area contributed by atoms with Crippen molar-refractivity contribution in [3.63, 3.8) is 0 Å². The molecule has 1 aromatic rings. The predicted molar refractivity (Wildman–Crippen MR) is 92.9 cm³/mol. The second-order valence-electron chi connectivity index (χ2n) is 5.31. The van der Waals surface area contributed by atoms with E-state index in [1.54, 1.807) is 18.0 Å². The predicted octanol–water partition coefficient (Wildman–Crippen LogP) is 3.84. The van der Waals surface area contributed by atoms with Crippen molar-refractivity contribution in [2.24, 2.45) is 5.92 Å². The third kappa shape index (κ3) is 5.30. The summed E-state index contributed by atoms with van der Waals surface area (Å²) in [4.78, 5) is 25.8. The Labute approximate surface area is 145 Å². The molecule has 0 saturated carbocycles. The Balaban J connectivity index is 2.62. The molecular weight excluding hydrogens is 343 g/mol. The molecule has 1 unspecified atom stereocenters. The van der Waals surface area contributed by atoms with Crippen molar-refractivity contribution >= 4 is 46.4 Å². The average molecular weight is 363 g/mol. The van der Waals surface area contributed by atoms with Crippen molar-refractivity contribution in [2.45, 2.75) is 26.3 Å². The van der Waals surface area contributed by atoms with Crippen molar-refractivity contribution < 1.29 is 9.59 Å². The number of hydrogen-bond acceptors (Lipinski definition) is 3. The first-order chi connectivity index (χ1) is 10.3. The van der Waals surface area contributed by atoms with Crippen molar-refractivity contribution in [3.05, 3.63) is 33.0 Å². The van der Waals surface area contributed by atoms with E-state index < -0.39 is 0 Å². The van der Waals surface area contributed by atoms with E-state index in [1.165, 1.54) is 6.08 Å². The van der Waals surface area contributed by atoms with Gasteiger partial charge in [0.2, 0.25) is 5.91 Å². The Bertz CT molecular complexity index is 538.